The Kier molecular flexibility index (Phi) is 2.13. The molecule has 0 fully saturated rings. The van der Waals surface area contributed by atoms with Crippen LogP contribution in [0.3, 0.4) is 0 Å². The van der Waals surface area contributed by atoms with Gasteiger partial charge in [0.1, 0.15) is 10.4 Å². The molecule has 0 bridgehead atoms. The number of pyridine rings is 1. The fourth-order valence-electron chi connectivity index (χ4n) is 1.24. The van der Waals surface area contributed by atoms with Crippen LogP contribution in [0.5, 0.6) is 0 Å². The number of anilines is 1. The highest BCUT2D eigenvalue weighted by molar-refractivity contribution is 9.10. The highest BCUT2D eigenvalue weighted by atomic mass is 79.9. The molecule has 1 aliphatic heterocycles. The van der Waals surface area contributed by atoms with Gasteiger partial charge in [0.05, 0.1) is 0 Å². The molecule has 12 heavy (non-hydrogen) atoms. The third-order valence-corrected chi connectivity index (χ3v) is 2.28. The van der Waals surface area contributed by atoms with Gasteiger partial charge in [0.15, 0.2) is 0 Å². The maximum atomic E-state index is 4.36. The summed E-state index contributed by atoms with van der Waals surface area (Å²) < 4.78 is 0.895. The first-order valence-electron chi connectivity index (χ1n) is 3.89. The number of hydrogen-bond acceptors (Lipinski definition) is 2. The van der Waals surface area contributed by atoms with Gasteiger partial charge in [-0.2, -0.15) is 0 Å². The number of nitrogens with zero attached hydrogens (tertiary/aromatic N) is 2. The third kappa shape index (κ3) is 1.50. The molecular weight excluding hydrogens is 216 g/mol. The summed E-state index contributed by atoms with van der Waals surface area (Å²) in [5.74, 6) is 1.04. The largest absolute Gasteiger partial charge is 0.349 e. The van der Waals surface area contributed by atoms with Crippen LogP contribution in [0.1, 0.15) is 0 Å². The molecule has 0 unspecified atom stereocenters. The topological polar surface area (TPSA) is 16.1 Å². The highest BCUT2D eigenvalue weighted by Gasteiger charge is 2.07. The fourth-order valence-corrected chi connectivity index (χ4v) is 1.57. The Morgan fingerprint density at radius 2 is 2.00 bits per heavy atom. The van der Waals surface area contributed by atoms with E-state index in [1.54, 1.807) is 0 Å². The minimum absolute atomic E-state index is 0.895. The zero-order chi connectivity index (χ0) is 8.39. The van der Waals surface area contributed by atoms with E-state index in [0.717, 1.165) is 23.5 Å². The molecule has 2 heterocycles. The lowest BCUT2D eigenvalue weighted by Crippen LogP contribution is -2.19. The van der Waals surface area contributed by atoms with E-state index >= 15 is 0 Å². The molecule has 0 spiro atoms. The van der Waals surface area contributed by atoms with Crippen molar-refractivity contribution < 1.29 is 0 Å². The molecule has 0 radical (unpaired) electrons. The van der Waals surface area contributed by atoms with E-state index in [4.69, 9.17) is 0 Å². The summed E-state index contributed by atoms with van der Waals surface area (Å²) in [6.07, 6.45) is 4.31. The molecule has 1 aromatic rings. The summed E-state index contributed by atoms with van der Waals surface area (Å²) in [6, 6.07) is 5.97. The molecule has 62 valence electrons. The van der Waals surface area contributed by atoms with E-state index < -0.39 is 0 Å². The Labute approximate surface area is 80.0 Å². The summed E-state index contributed by atoms with van der Waals surface area (Å²) in [5.41, 5.74) is 0. The van der Waals surface area contributed by atoms with E-state index in [1.807, 2.05) is 18.2 Å². The van der Waals surface area contributed by atoms with Crippen molar-refractivity contribution in [2.45, 2.75) is 0 Å². The second-order valence-corrected chi connectivity index (χ2v) is 3.51. The van der Waals surface area contributed by atoms with Crippen LogP contribution in [0.15, 0.2) is 35.0 Å². The van der Waals surface area contributed by atoms with Gasteiger partial charge in [0.25, 0.3) is 0 Å². The number of hydrogen-bond donors (Lipinski definition) is 0. The Morgan fingerprint density at radius 3 is 2.67 bits per heavy atom. The first kappa shape index (κ1) is 7.80. The van der Waals surface area contributed by atoms with Crippen molar-refractivity contribution in [1.82, 2.24) is 4.98 Å². The van der Waals surface area contributed by atoms with Crippen molar-refractivity contribution in [3.63, 3.8) is 0 Å². The second-order valence-electron chi connectivity index (χ2n) is 2.69. The second kappa shape index (κ2) is 3.27. The molecule has 1 aliphatic rings. The lowest BCUT2D eigenvalue weighted by molar-refractivity contribution is 0.964. The molecule has 0 N–H and O–H groups in total. The van der Waals surface area contributed by atoms with E-state index in [0.29, 0.717) is 0 Å². The number of halogens is 1. The van der Waals surface area contributed by atoms with Crippen LogP contribution in [-0.2, 0) is 0 Å². The average Bonchev–Trinajstić information content (AvgIpc) is 2.56. The molecule has 0 saturated heterocycles. The van der Waals surface area contributed by atoms with Gasteiger partial charge >= 0.3 is 0 Å². The number of aromatic nitrogens is 1. The first-order chi connectivity index (χ1) is 5.86. The van der Waals surface area contributed by atoms with Crippen molar-refractivity contribution in [3.8, 4) is 0 Å². The summed E-state index contributed by atoms with van der Waals surface area (Å²) in [6.45, 7) is 1.95. The Balaban J connectivity index is 2.22. The Hall–Kier alpha value is -0.830. The van der Waals surface area contributed by atoms with Crippen molar-refractivity contribution >= 4 is 21.7 Å². The van der Waals surface area contributed by atoms with Crippen molar-refractivity contribution in [2.24, 2.45) is 0 Å². The Bertz CT molecular complexity index is 301. The maximum Gasteiger partial charge on any atom is 0.130 e. The van der Waals surface area contributed by atoms with Gasteiger partial charge in [-0.1, -0.05) is 18.2 Å². The van der Waals surface area contributed by atoms with Crippen molar-refractivity contribution in [3.05, 3.63) is 35.0 Å². The summed E-state index contributed by atoms with van der Waals surface area (Å²) in [4.78, 5) is 6.57. The first-order valence-corrected chi connectivity index (χ1v) is 4.68. The molecule has 1 aromatic heterocycles. The van der Waals surface area contributed by atoms with Crippen LogP contribution >= 0.6 is 15.9 Å². The summed E-state index contributed by atoms with van der Waals surface area (Å²) in [5, 5.41) is 0. The predicted molar refractivity (Wildman–Crippen MR) is 53.3 cm³/mol. The zero-order valence-electron chi connectivity index (χ0n) is 6.57. The molecule has 0 saturated carbocycles. The monoisotopic (exact) mass is 224 g/mol. The molecule has 0 atom stereocenters. The standard InChI is InChI=1S/C9H9BrN2/c10-8-4-3-5-9(11-8)12-6-1-2-7-12/h1-5H,6-7H2. The molecular formula is C9H9BrN2. The van der Waals surface area contributed by atoms with Crippen LogP contribution in [0.4, 0.5) is 5.82 Å². The summed E-state index contributed by atoms with van der Waals surface area (Å²) in [7, 11) is 0. The van der Waals surface area contributed by atoms with E-state index in [9.17, 15) is 0 Å². The van der Waals surface area contributed by atoms with E-state index in [1.165, 1.54) is 0 Å². The fraction of sp³-hybridized carbons (Fsp3) is 0.222. The zero-order valence-corrected chi connectivity index (χ0v) is 8.16. The average molecular weight is 225 g/mol. The normalized spacial score (nSPS) is 15.6. The third-order valence-electron chi connectivity index (χ3n) is 1.84. The highest BCUT2D eigenvalue weighted by Crippen LogP contribution is 2.16. The minimum atomic E-state index is 0.895. The van der Waals surface area contributed by atoms with Crippen LogP contribution in [0.2, 0.25) is 0 Å². The molecule has 0 aliphatic carbocycles. The quantitative estimate of drug-likeness (QED) is 0.538. The van der Waals surface area contributed by atoms with Crippen LogP contribution in [-0.4, -0.2) is 18.1 Å². The lowest BCUT2D eigenvalue weighted by atomic mass is 10.4. The van der Waals surface area contributed by atoms with Gasteiger partial charge in [-0.3, -0.25) is 0 Å². The summed E-state index contributed by atoms with van der Waals surface area (Å²) >= 11 is 3.35. The minimum Gasteiger partial charge on any atom is -0.349 e. The van der Waals surface area contributed by atoms with E-state index in [-0.39, 0.29) is 0 Å². The van der Waals surface area contributed by atoms with Crippen LogP contribution in [0.25, 0.3) is 0 Å². The molecule has 3 heteroatoms. The van der Waals surface area contributed by atoms with Gasteiger partial charge in [-0.25, -0.2) is 4.98 Å². The van der Waals surface area contributed by atoms with E-state index in [2.05, 4.69) is 38.0 Å². The van der Waals surface area contributed by atoms with Crippen molar-refractivity contribution in [1.29, 1.82) is 0 Å². The van der Waals surface area contributed by atoms with Gasteiger partial charge in [-0.15, -0.1) is 0 Å². The van der Waals surface area contributed by atoms with Gasteiger partial charge in [0.2, 0.25) is 0 Å². The van der Waals surface area contributed by atoms with Crippen LogP contribution < -0.4 is 4.90 Å². The van der Waals surface area contributed by atoms with Crippen molar-refractivity contribution in [2.75, 3.05) is 18.0 Å². The molecule has 0 aromatic carbocycles. The van der Waals surface area contributed by atoms with Gasteiger partial charge in [-0.05, 0) is 28.1 Å². The van der Waals surface area contributed by atoms with Gasteiger partial charge in [0, 0.05) is 13.1 Å². The van der Waals surface area contributed by atoms with Gasteiger partial charge < -0.3 is 4.90 Å². The molecule has 2 nitrogen and oxygen atoms in total. The maximum absolute atomic E-state index is 4.36. The number of rotatable bonds is 1. The lowest BCUT2D eigenvalue weighted by Gasteiger charge is -2.15. The Morgan fingerprint density at radius 1 is 1.25 bits per heavy atom. The molecule has 0 amide bonds. The smallest absolute Gasteiger partial charge is 0.130 e. The SMILES string of the molecule is Brc1cccc(N2CC=CC2)n1. The van der Waals surface area contributed by atoms with Crippen LogP contribution in [0, 0.1) is 0 Å². The molecule has 2 rings (SSSR count). The predicted octanol–water partition coefficient (Wildman–Crippen LogP) is 2.22.